The molecule has 0 aliphatic carbocycles. The summed E-state index contributed by atoms with van der Waals surface area (Å²) in [5, 5.41) is 1.31. The molecule has 0 saturated heterocycles. The van der Waals surface area contributed by atoms with Gasteiger partial charge in [0.1, 0.15) is 0 Å². The Hall–Kier alpha value is -1.55. The van der Waals surface area contributed by atoms with Gasteiger partial charge in [0.15, 0.2) is 0 Å². The fourth-order valence-electron chi connectivity index (χ4n) is 4.97. The summed E-state index contributed by atoms with van der Waals surface area (Å²) in [5.41, 5.74) is 3.33. The molecule has 2 aromatic rings. The van der Waals surface area contributed by atoms with E-state index in [1.165, 1.54) is 107 Å². The van der Waals surface area contributed by atoms with Gasteiger partial charge in [0.05, 0.1) is 27.1 Å². The fraction of sp³-hybridized carbons (Fsp3) is 0.710. The van der Waals surface area contributed by atoms with Gasteiger partial charge in [-0.15, -0.1) is 0 Å². The number of hydrogen-bond acceptors (Lipinski definition) is 3. The minimum Gasteiger partial charge on any atom is -0.266 e. The zero-order valence-corrected chi connectivity index (χ0v) is 24.8. The average Bonchev–Trinajstić information content (AvgIpc) is 2.88. The minimum atomic E-state index is -0.376. The molecule has 0 N–H and O–H groups in total. The monoisotopic (exact) mass is 495 g/mol. The summed E-state index contributed by atoms with van der Waals surface area (Å²) in [5.74, 6) is 1.78. The number of pyridine rings is 1. The first kappa shape index (κ1) is 29.7. The molecule has 0 saturated carbocycles. The first-order chi connectivity index (χ1) is 17.1. The lowest BCUT2D eigenvalue weighted by Gasteiger charge is -2.15. The van der Waals surface area contributed by atoms with E-state index >= 15 is 0 Å². The van der Waals surface area contributed by atoms with Crippen molar-refractivity contribution in [3.05, 3.63) is 36.4 Å². The summed E-state index contributed by atoms with van der Waals surface area (Å²) in [6.07, 6.45) is 25.9. The molecule has 0 aliphatic rings. The highest BCUT2D eigenvalue weighted by molar-refractivity contribution is 6.54. The van der Waals surface area contributed by atoms with E-state index in [4.69, 9.17) is 15.0 Å². The molecule has 2 rings (SSSR count). The first-order valence-electron chi connectivity index (χ1n) is 14.9. The van der Waals surface area contributed by atoms with Crippen molar-refractivity contribution in [1.82, 2.24) is 15.0 Å². The third kappa shape index (κ3) is 12.8. The lowest BCUT2D eigenvalue weighted by atomic mass is 9.91. The molecule has 0 aliphatic heterocycles. The van der Waals surface area contributed by atoms with Gasteiger partial charge in [-0.3, -0.25) is 15.0 Å². The second-order valence-corrected chi connectivity index (χ2v) is 12.8. The molecule has 2 heterocycles. The van der Waals surface area contributed by atoms with Crippen molar-refractivity contribution in [3.8, 4) is 11.3 Å². The third-order valence-corrected chi connectivity index (χ3v) is 9.36. The van der Waals surface area contributed by atoms with Crippen molar-refractivity contribution in [2.24, 2.45) is 11.8 Å². The predicted molar refractivity (Wildman–Crippen MR) is 156 cm³/mol. The minimum absolute atomic E-state index is 0.376. The van der Waals surface area contributed by atoms with Crippen LogP contribution < -0.4 is 5.32 Å². The number of aromatic nitrogens is 3. The van der Waals surface area contributed by atoms with Crippen LogP contribution in [-0.4, -0.2) is 24.5 Å². The molecular weight excluding hydrogens is 442 g/mol. The summed E-state index contributed by atoms with van der Waals surface area (Å²) in [6, 6.07) is 5.57. The Kier molecular flexibility index (Phi) is 15.8. The van der Waals surface area contributed by atoms with Crippen LogP contribution in [0.4, 0.5) is 0 Å². The highest BCUT2D eigenvalue weighted by Gasteiger charge is 2.10. The maximum Gasteiger partial charge on any atom is 0.0899 e. The quantitative estimate of drug-likeness (QED) is 0.138. The second kappa shape index (κ2) is 18.7. The van der Waals surface area contributed by atoms with Crippen LogP contribution in [0.2, 0.25) is 6.04 Å². The van der Waals surface area contributed by atoms with Gasteiger partial charge in [-0.25, -0.2) is 0 Å². The highest BCUT2D eigenvalue weighted by Crippen LogP contribution is 2.21. The Morgan fingerprint density at radius 2 is 1.40 bits per heavy atom. The zero-order valence-electron chi connectivity index (χ0n) is 23.4. The lowest BCUT2D eigenvalue weighted by Crippen LogP contribution is -2.21. The molecule has 0 aromatic carbocycles. The van der Waals surface area contributed by atoms with E-state index < -0.39 is 0 Å². The van der Waals surface area contributed by atoms with E-state index in [1.54, 1.807) is 0 Å². The maximum atomic E-state index is 4.77. The van der Waals surface area contributed by atoms with E-state index in [0.29, 0.717) is 0 Å². The standard InChI is InChI=1S/C31H53N3Si/c1-5-7-9-10-12-18-28-24-34-30(25-33-28)29-19-15-22-32-31(29)35-23-14-13-17-27(4)21-20-26(3)16-11-8-6-2/h15,19,22,24-27H,5-14,16-18,20-21,23,35H2,1-4H3. The molecule has 0 bridgehead atoms. The first-order valence-corrected chi connectivity index (χ1v) is 16.6. The molecule has 2 aromatic heterocycles. The third-order valence-electron chi connectivity index (χ3n) is 7.47. The number of hydrogen-bond donors (Lipinski definition) is 0. The number of aryl methyl sites for hydroxylation is 1. The SMILES string of the molecule is CCCCCCCc1cnc(-c2cccnc2[SiH2]CCCCC(C)CCC(C)CCCCC)cn1. The zero-order chi connectivity index (χ0) is 25.1. The second-order valence-electron chi connectivity index (χ2n) is 10.9. The Bertz CT molecular complexity index is 777. The van der Waals surface area contributed by atoms with Crippen LogP contribution in [0, 0.1) is 11.8 Å². The van der Waals surface area contributed by atoms with Gasteiger partial charge in [-0.05, 0) is 36.8 Å². The van der Waals surface area contributed by atoms with Crippen LogP contribution in [0.25, 0.3) is 11.3 Å². The summed E-state index contributed by atoms with van der Waals surface area (Å²) >= 11 is 0. The summed E-state index contributed by atoms with van der Waals surface area (Å²) < 4.78 is 0. The number of rotatable bonds is 20. The average molecular weight is 496 g/mol. The molecule has 0 radical (unpaired) electrons. The van der Waals surface area contributed by atoms with E-state index in [-0.39, 0.29) is 9.52 Å². The van der Waals surface area contributed by atoms with Crippen molar-refractivity contribution in [2.75, 3.05) is 0 Å². The van der Waals surface area contributed by atoms with Gasteiger partial charge in [-0.2, -0.15) is 0 Å². The van der Waals surface area contributed by atoms with E-state index in [1.807, 2.05) is 24.7 Å². The maximum absolute atomic E-state index is 4.77. The molecule has 196 valence electrons. The highest BCUT2D eigenvalue weighted by atomic mass is 28.2. The van der Waals surface area contributed by atoms with Crippen LogP contribution >= 0.6 is 0 Å². The largest absolute Gasteiger partial charge is 0.266 e. The molecular formula is C31H53N3Si. The van der Waals surface area contributed by atoms with Crippen molar-refractivity contribution in [3.63, 3.8) is 0 Å². The molecule has 2 atom stereocenters. The van der Waals surface area contributed by atoms with Crippen molar-refractivity contribution in [1.29, 1.82) is 0 Å². The van der Waals surface area contributed by atoms with Crippen LogP contribution in [0.15, 0.2) is 30.7 Å². The normalized spacial score (nSPS) is 13.5. The summed E-state index contributed by atoms with van der Waals surface area (Å²) in [7, 11) is -0.376. The topological polar surface area (TPSA) is 38.7 Å². The number of unbranched alkanes of at least 4 members (excludes halogenated alkanes) is 7. The molecule has 0 amide bonds. The van der Waals surface area contributed by atoms with Crippen LogP contribution in [0.3, 0.4) is 0 Å². The molecule has 2 unspecified atom stereocenters. The van der Waals surface area contributed by atoms with Gasteiger partial charge in [0, 0.05) is 23.3 Å². The molecule has 3 nitrogen and oxygen atoms in total. The van der Waals surface area contributed by atoms with Crippen molar-refractivity contribution >= 4 is 14.8 Å². The number of nitrogens with zero attached hydrogens (tertiary/aromatic N) is 3. The molecule has 4 heteroatoms. The lowest BCUT2D eigenvalue weighted by molar-refractivity contribution is 0.382. The van der Waals surface area contributed by atoms with Gasteiger partial charge in [-0.1, -0.05) is 117 Å². The van der Waals surface area contributed by atoms with Crippen LogP contribution in [0.5, 0.6) is 0 Å². The van der Waals surface area contributed by atoms with Crippen molar-refractivity contribution < 1.29 is 0 Å². The van der Waals surface area contributed by atoms with E-state index in [2.05, 4.69) is 33.8 Å². The van der Waals surface area contributed by atoms with Gasteiger partial charge < -0.3 is 0 Å². The predicted octanol–water partition coefficient (Wildman–Crippen LogP) is 8.07. The van der Waals surface area contributed by atoms with Gasteiger partial charge in [0.25, 0.3) is 0 Å². The Morgan fingerprint density at radius 3 is 2.09 bits per heavy atom. The summed E-state index contributed by atoms with van der Waals surface area (Å²) in [4.78, 5) is 14.3. The van der Waals surface area contributed by atoms with Gasteiger partial charge in [0.2, 0.25) is 0 Å². The fourth-order valence-corrected chi connectivity index (χ4v) is 6.71. The molecule has 35 heavy (non-hydrogen) atoms. The van der Waals surface area contributed by atoms with Gasteiger partial charge >= 0.3 is 0 Å². The van der Waals surface area contributed by atoms with Crippen LogP contribution in [-0.2, 0) is 6.42 Å². The molecule has 0 fully saturated rings. The Balaban J connectivity index is 1.69. The van der Waals surface area contributed by atoms with Crippen LogP contribution in [0.1, 0.15) is 123 Å². The van der Waals surface area contributed by atoms with E-state index in [9.17, 15) is 0 Å². The summed E-state index contributed by atoms with van der Waals surface area (Å²) in [6.45, 7) is 9.47. The van der Waals surface area contributed by atoms with Crippen molar-refractivity contribution in [2.45, 2.75) is 130 Å². The smallest absolute Gasteiger partial charge is 0.0899 e. The Labute approximate surface area is 219 Å². The Morgan fingerprint density at radius 1 is 0.714 bits per heavy atom. The molecule has 0 spiro atoms. The van der Waals surface area contributed by atoms with E-state index in [0.717, 1.165) is 29.6 Å².